The number of aromatic carboxylic acids is 1. The molecule has 0 amide bonds. The fraction of sp³-hybridized carbons (Fsp3) is 0.235. The Bertz CT molecular complexity index is 968. The van der Waals surface area contributed by atoms with Crippen LogP contribution in [0.5, 0.6) is 0 Å². The highest BCUT2D eigenvalue weighted by molar-refractivity contribution is 7.10. The number of aryl methyl sites for hydroxylation is 2. The van der Waals surface area contributed by atoms with E-state index >= 15 is 0 Å². The lowest BCUT2D eigenvalue weighted by molar-refractivity contribution is 0.0698. The number of carboxylic acids is 1. The van der Waals surface area contributed by atoms with Gasteiger partial charge in [0.25, 0.3) is 0 Å². The Kier molecular flexibility index (Phi) is 3.09. The maximum atomic E-state index is 11.9. The average molecular weight is 325 g/mol. The van der Waals surface area contributed by atoms with Crippen LogP contribution in [-0.4, -0.2) is 25.8 Å². The van der Waals surface area contributed by atoms with E-state index in [1.807, 2.05) is 18.4 Å². The van der Waals surface area contributed by atoms with Gasteiger partial charge in [-0.25, -0.2) is 9.78 Å². The van der Waals surface area contributed by atoms with Crippen LogP contribution in [0.2, 0.25) is 0 Å². The van der Waals surface area contributed by atoms with Crippen molar-refractivity contribution >= 4 is 40.0 Å². The number of aromatic nitrogens is 3. The third kappa shape index (κ3) is 2.09. The molecule has 0 fully saturated rings. The van der Waals surface area contributed by atoms with Gasteiger partial charge in [-0.05, 0) is 48.4 Å². The smallest absolute Gasteiger partial charge is 0.336 e. The Hall–Kier alpha value is -2.47. The van der Waals surface area contributed by atoms with Gasteiger partial charge >= 0.3 is 5.97 Å². The van der Waals surface area contributed by atoms with E-state index < -0.39 is 5.97 Å². The van der Waals surface area contributed by atoms with E-state index in [2.05, 4.69) is 17.2 Å². The molecule has 0 unspecified atom stereocenters. The summed E-state index contributed by atoms with van der Waals surface area (Å²) >= 11 is 1.67. The van der Waals surface area contributed by atoms with Crippen molar-refractivity contribution in [2.45, 2.75) is 19.8 Å². The second kappa shape index (κ2) is 5.03. The molecule has 0 atom stereocenters. The second-order valence-electron chi connectivity index (χ2n) is 5.71. The number of thiophene rings is 1. The zero-order valence-electron chi connectivity index (χ0n) is 12.8. The van der Waals surface area contributed by atoms with Crippen molar-refractivity contribution < 1.29 is 9.90 Å². The van der Waals surface area contributed by atoms with Crippen LogP contribution in [0, 0.1) is 6.92 Å². The van der Waals surface area contributed by atoms with E-state index in [0.717, 1.165) is 28.1 Å². The number of allylic oxidation sites excluding steroid dienone is 1. The van der Waals surface area contributed by atoms with Crippen molar-refractivity contribution in [3.8, 4) is 0 Å². The molecule has 3 aromatic heterocycles. The Balaban J connectivity index is 2.03. The third-order valence-corrected chi connectivity index (χ3v) is 5.09. The molecule has 1 aliphatic rings. The first-order chi connectivity index (χ1) is 11.1. The predicted molar refractivity (Wildman–Crippen MR) is 90.7 cm³/mol. The van der Waals surface area contributed by atoms with Crippen LogP contribution >= 0.6 is 11.3 Å². The molecular weight excluding hydrogens is 310 g/mol. The van der Waals surface area contributed by atoms with Crippen molar-refractivity contribution in [3.05, 3.63) is 44.9 Å². The normalized spacial score (nSPS) is 15.5. The van der Waals surface area contributed by atoms with Crippen molar-refractivity contribution in [2.75, 3.05) is 0 Å². The molecule has 0 saturated carbocycles. The number of carbonyl (C=O) groups is 1. The Labute approximate surface area is 136 Å². The van der Waals surface area contributed by atoms with Crippen molar-refractivity contribution in [3.63, 3.8) is 0 Å². The van der Waals surface area contributed by atoms with Crippen LogP contribution in [-0.2, 0) is 13.5 Å². The summed E-state index contributed by atoms with van der Waals surface area (Å²) in [6.45, 7) is 1.83. The summed E-state index contributed by atoms with van der Waals surface area (Å²) in [5.41, 5.74) is 4.47. The molecule has 1 aliphatic carbocycles. The van der Waals surface area contributed by atoms with Crippen LogP contribution in [0.3, 0.4) is 0 Å². The highest BCUT2D eigenvalue weighted by Gasteiger charge is 2.29. The summed E-state index contributed by atoms with van der Waals surface area (Å²) in [6, 6.07) is 4.07. The van der Waals surface area contributed by atoms with E-state index in [9.17, 15) is 9.90 Å². The van der Waals surface area contributed by atoms with Gasteiger partial charge in [0.1, 0.15) is 0 Å². The average Bonchev–Trinajstić information content (AvgIpc) is 3.20. The van der Waals surface area contributed by atoms with Gasteiger partial charge in [0, 0.05) is 11.9 Å². The minimum Gasteiger partial charge on any atom is -0.478 e. The first-order valence-corrected chi connectivity index (χ1v) is 8.28. The van der Waals surface area contributed by atoms with Crippen LogP contribution in [0.25, 0.3) is 22.7 Å². The number of hydrogen-bond donors (Lipinski definition) is 1. The fourth-order valence-corrected chi connectivity index (χ4v) is 4.00. The molecule has 116 valence electrons. The number of hydrogen-bond acceptors (Lipinski definition) is 4. The van der Waals surface area contributed by atoms with E-state index in [-0.39, 0.29) is 0 Å². The number of pyridine rings is 1. The second-order valence-corrected chi connectivity index (χ2v) is 6.69. The van der Waals surface area contributed by atoms with Gasteiger partial charge in [0.05, 0.1) is 22.3 Å². The SMILES string of the molecule is Cc1nn(C)c2nc3c(c(C(=O)O)c12)CC/C3=C\c1cccs1. The zero-order chi connectivity index (χ0) is 16.1. The van der Waals surface area contributed by atoms with Crippen molar-refractivity contribution in [1.29, 1.82) is 0 Å². The van der Waals surface area contributed by atoms with E-state index in [0.29, 0.717) is 28.7 Å². The van der Waals surface area contributed by atoms with Crippen molar-refractivity contribution in [2.24, 2.45) is 7.05 Å². The van der Waals surface area contributed by atoms with Gasteiger partial charge in [-0.2, -0.15) is 5.10 Å². The molecule has 3 heterocycles. The van der Waals surface area contributed by atoms with E-state index in [4.69, 9.17) is 4.98 Å². The largest absolute Gasteiger partial charge is 0.478 e. The molecule has 6 heteroatoms. The Morgan fingerprint density at radius 2 is 2.26 bits per heavy atom. The molecule has 0 saturated heterocycles. The van der Waals surface area contributed by atoms with Crippen LogP contribution in [0.1, 0.15) is 38.6 Å². The Morgan fingerprint density at radius 3 is 2.96 bits per heavy atom. The lowest BCUT2D eigenvalue weighted by atomic mass is 10.0. The topological polar surface area (TPSA) is 68.0 Å². The molecule has 0 radical (unpaired) electrons. The number of fused-ring (bicyclic) bond motifs is 2. The first-order valence-electron chi connectivity index (χ1n) is 7.40. The highest BCUT2D eigenvalue weighted by Crippen LogP contribution is 2.38. The molecular formula is C17H15N3O2S. The molecule has 0 aromatic carbocycles. The summed E-state index contributed by atoms with van der Waals surface area (Å²) in [7, 11) is 1.80. The van der Waals surface area contributed by atoms with Crippen LogP contribution in [0.4, 0.5) is 0 Å². The molecule has 5 nitrogen and oxygen atoms in total. The Morgan fingerprint density at radius 1 is 1.43 bits per heavy atom. The summed E-state index contributed by atoms with van der Waals surface area (Å²) < 4.78 is 1.67. The van der Waals surface area contributed by atoms with Crippen molar-refractivity contribution in [1.82, 2.24) is 14.8 Å². The lowest BCUT2D eigenvalue weighted by Gasteiger charge is -2.07. The summed E-state index contributed by atoms with van der Waals surface area (Å²) in [4.78, 5) is 17.8. The maximum absolute atomic E-state index is 11.9. The van der Waals surface area contributed by atoms with Gasteiger partial charge in [-0.1, -0.05) is 6.07 Å². The molecule has 0 aliphatic heterocycles. The minimum absolute atomic E-state index is 0.366. The molecule has 4 rings (SSSR count). The van der Waals surface area contributed by atoms with E-state index in [1.165, 1.54) is 0 Å². The quantitative estimate of drug-likeness (QED) is 0.783. The monoisotopic (exact) mass is 325 g/mol. The minimum atomic E-state index is -0.901. The van der Waals surface area contributed by atoms with Gasteiger partial charge in [-0.15, -0.1) is 11.3 Å². The summed E-state index contributed by atoms with van der Waals surface area (Å²) in [6.07, 6.45) is 3.65. The molecule has 23 heavy (non-hydrogen) atoms. The van der Waals surface area contributed by atoms with Crippen LogP contribution in [0.15, 0.2) is 17.5 Å². The first kappa shape index (κ1) is 14.1. The molecule has 1 N–H and O–H groups in total. The molecule has 3 aromatic rings. The van der Waals surface area contributed by atoms with Crippen LogP contribution < -0.4 is 0 Å². The molecule has 0 spiro atoms. The number of carboxylic acid groups (broad SMARTS) is 1. The highest BCUT2D eigenvalue weighted by atomic mass is 32.1. The zero-order valence-corrected chi connectivity index (χ0v) is 13.6. The fourth-order valence-electron chi connectivity index (χ4n) is 3.32. The number of nitrogens with zero attached hydrogens (tertiary/aromatic N) is 3. The van der Waals surface area contributed by atoms with Gasteiger partial charge < -0.3 is 5.11 Å². The van der Waals surface area contributed by atoms with E-state index in [1.54, 1.807) is 23.1 Å². The van der Waals surface area contributed by atoms with Gasteiger partial charge in [0.15, 0.2) is 5.65 Å². The number of rotatable bonds is 2. The van der Waals surface area contributed by atoms with Gasteiger partial charge in [0.2, 0.25) is 0 Å². The third-order valence-electron chi connectivity index (χ3n) is 4.27. The predicted octanol–water partition coefficient (Wildman–Crippen LogP) is 3.52. The maximum Gasteiger partial charge on any atom is 0.336 e. The van der Waals surface area contributed by atoms with Gasteiger partial charge in [-0.3, -0.25) is 4.68 Å². The molecule has 0 bridgehead atoms. The summed E-state index contributed by atoms with van der Waals surface area (Å²) in [5, 5.41) is 16.8. The summed E-state index contributed by atoms with van der Waals surface area (Å²) in [5.74, 6) is -0.901. The standard InChI is InChI=1S/C17H15N3O2S/c1-9-13-14(17(21)22)12-6-5-10(8-11-4-3-7-23-11)15(12)18-16(13)20(2)19-9/h3-4,7-8H,5-6H2,1-2H3,(H,21,22)/b10-8+. The lowest BCUT2D eigenvalue weighted by Crippen LogP contribution is -2.06.